The van der Waals surface area contributed by atoms with E-state index in [4.69, 9.17) is 21.3 Å². The molecular formula is C27H29ClN4O2. The maximum Gasteiger partial charge on any atom is 0.250 e. The Labute approximate surface area is 205 Å². The molecule has 1 saturated carbocycles. The van der Waals surface area contributed by atoms with Crippen LogP contribution in [0.25, 0.3) is 17.0 Å². The highest BCUT2D eigenvalue weighted by Gasteiger charge is 2.25. The minimum Gasteiger partial charge on any atom is -0.488 e. The van der Waals surface area contributed by atoms with Crippen molar-refractivity contribution < 1.29 is 9.53 Å². The molecule has 1 aliphatic heterocycles. The van der Waals surface area contributed by atoms with Gasteiger partial charge in [0, 0.05) is 53.9 Å². The molecule has 6 nitrogen and oxygen atoms in total. The van der Waals surface area contributed by atoms with Crippen molar-refractivity contribution in [3.63, 3.8) is 0 Å². The third kappa shape index (κ3) is 4.82. The van der Waals surface area contributed by atoms with Crippen LogP contribution in [0.5, 0.6) is 5.75 Å². The maximum absolute atomic E-state index is 12.8. The molecule has 176 valence electrons. The predicted molar refractivity (Wildman–Crippen MR) is 139 cm³/mol. The second-order valence-corrected chi connectivity index (χ2v) is 9.68. The molecule has 0 spiro atoms. The lowest BCUT2D eigenvalue weighted by Crippen LogP contribution is -2.41. The van der Waals surface area contributed by atoms with Gasteiger partial charge in [0.25, 0.3) is 5.91 Å². The van der Waals surface area contributed by atoms with Gasteiger partial charge in [-0.2, -0.15) is 0 Å². The van der Waals surface area contributed by atoms with Crippen molar-refractivity contribution in [2.24, 2.45) is 0 Å². The lowest BCUT2D eigenvalue weighted by atomic mass is 9.91. The van der Waals surface area contributed by atoms with Gasteiger partial charge in [0.2, 0.25) is 0 Å². The van der Waals surface area contributed by atoms with Crippen molar-refractivity contribution in [1.82, 2.24) is 10.3 Å². The zero-order chi connectivity index (χ0) is 23.7. The van der Waals surface area contributed by atoms with E-state index in [9.17, 15) is 4.79 Å². The monoisotopic (exact) mass is 476 g/mol. The van der Waals surface area contributed by atoms with Gasteiger partial charge in [0.05, 0.1) is 11.1 Å². The van der Waals surface area contributed by atoms with Crippen molar-refractivity contribution in [1.29, 1.82) is 0 Å². The van der Waals surface area contributed by atoms with Crippen molar-refractivity contribution >= 4 is 46.0 Å². The number of carbonyl (C=O) groups excluding carboxylic acids is 1. The van der Waals surface area contributed by atoms with Crippen LogP contribution in [0.15, 0.2) is 54.1 Å². The molecule has 0 atom stereocenters. The number of carbonyl (C=O) groups is 1. The third-order valence-corrected chi connectivity index (χ3v) is 6.80. The fourth-order valence-corrected chi connectivity index (χ4v) is 4.93. The summed E-state index contributed by atoms with van der Waals surface area (Å²) >= 11 is 6.09. The lowest BCUT2D eigenvalue weighted by Gasteiger charge is -2.31. The number of para-hydroxylation sites is 1. The van der Waals surface area contributed by atoms with Crippen LogP contribution in [0.2, 0.25) is 5.02 Å². The number of hydrogen-bond donors (Lipinski definition) is 2. The largest absolute Gasteiger partial charge is 0.488 e. The molecule has 3 aromatic rings. The van der Waals surface area contributed by atoms with Gasteiger partial charge in [-0.15, -0.1) is 0 Å². The molecule has 34 heavy (non-hydrogen) atoms. The van der Waals surface area contributed by atoms with Gasteiger partial charge in [-0.05, 0) is 56.0 Å². The van der Waals surface area contributed by atoms with Crippen LogP contribution in [0.4, 0.5) is 11.5 Å². The molecule has 5 rings (SSSR count). The van der Waals surface area contributed by atoms with Crippen molar-refractivity contribution in [2.45, 2.75) is 37.8 Å². The summed E-state index contributed by atoms with van der Waals surface area (Å²) in [6.45, 7) is 0.277. The smallest absolute Gasteiger partial charge is 0.250 e. The number of nitrogens with one attached hydrogen (secondary N) is 2. The van der Waals surface area contributed by atoms with Crippen LogP contribution >= 0.6 is 11.6 Å². The fourth-order valence-electron chi connectivity index (χ4n) is 4.75. The third-order valence-electron chi connectivity index (χ3n) is 6.57. The maximum atomic E-state index is 12.8. The zero-order valence-electron chi connectivity index (χ0n) is 19.5. The Balaban J connectivity index is 1.19. The Hall–Kier alpha value is -3.25. The van der Waals surface area contributed by atoms with E-state index in [0.29, 0.717) is 16.6 Å². The van der Waals surface area contributed by atoms with E-state index in [1.807, 2.05) is 30.3 Å². The lowest BCUT2D eigenvalue weighted by molar-refractivity contribution is -0.118. The summed E-state index contributed by atoms with van der Waals surface area (Å²) in [6, 6.07) is 16.3. The van der Waals surface area contributed by atoms with E-state index in [0.717, 1.165) is 59.4 Å². The Kier molecular flexibility index (Phi) is 6.33. The molecule has 0 unspecified atom stereocenters. The number of benzene rings is 2. The molecule has 1 amide bonds. The highest BCUT2D eigenvalue weighted by molar-refractivity contribution is 6.30. The Morgan fingerprint density at radius 2 is 1.82 bits per heavy atom. The number of amides is 1. The normalized spacial score (nSPS) is 19.6. The Morgan fingerprint density at radius 3 is 2.62 bits per heavy atom. The summed E-state index contributed by atoms with van der Waals surface area (Å²) in [5, 5.41) is 8.60. The number of fused-ring (bicyclic) bond motifs is 2. The van der Waals surface area contributed by atoms with Crippen LogP contribution in [-0.2, 0) is 4.79 Å². The number of ether oxygens (including phenoxy) is 1. The predicted octanol–water partition coefficient (Wildman–Crippen LogP) is 5.27. The first-order chi connectivity index (χ1) is 16.5. The molecule has 2 aromatic carbocycles. The van der Waals surface area contributed by atoms with E-state index in [1.165, 1.54) is 0 Å². The summed E-state index contributed by atoms with van der Waals surface area (Å²) in [6.07, 6.45) is 5.68. The molecule has 1 aliphatic carbocycles. The molecule has 2 heterocycles. The van der Waals surface area contributed by atoms with Crippen LogP contribution in [0.3, 0.4) is 0 Å². The fraction of sp³-hybridized carbons (Fsp3) is 0.333. The molecule has 2 aliphatic rings. The van der Waals surface area contributed by atoms with Gasteiger partial charge in [0.1, 0.15) is 18.2 Å². The number of aromatic nitrogens is 1. The van der Waals surface area contributed by atoms with Gasteiger partial charge < -0.3 is 20.3 Å². The SMILES string of the molecule is CN(C)c1cc(N[C@H]2CC[C@@H](NC(=O)C3=Cc4cc(Cl)ccc4OC3)CC2)nc2ccccc12. The molecule has 1 fully saturated rings. The van der Waals surface area contributed by atoms with Crippen LogP contribution < -0.4 is 20.3 Å². The van der Waals surface area contributed by atoms with Gasteiger partial charge in [-0.1, -0.05) is 29.8 Å². The van der Waals surface area contributed by atoms with Gasteiger partial charge in [0.15, 0.2) is 0 Å². The van der Waals surface area contributed by atoms with E-state index in [-0.39, 0.29) is 18.6 Å². The summed E-state index contributed by atoms with van der Waals surface area (Å²) in [5.41, 5.74) is 3.62. The highest BCUT2D eigenvalue weighted by Crippen LogP contribution is 2.31. The highest BCUT2D eigenvalue weighted by atomic mass is 35.5. The van der Waals surface area contributed by atoms with Crippen molar-refractivity contribution in [3.8, 4) is 5.75 Å². The van der Waals surface area contributed by atoms with E-state index in [1.54, 1.807) is 6.07 Å². The molecule has 2 N–H and O–H groups in total. The molecule has 0 bridgehead atoms. The van der Waals surface area contributed by atoms with Gasteiger partial charge in [-0.25, -0.2) is 4.98 Å². The van der Waals surface area contributed by atoms with Crippen LogP contribution in [-0.4, -0.2) is 43.7 Å². The Morgan fingerprint density at radius 1 is 1.06 bits per heavy atom. The van der Waals surface area contributed by atoms with Crippen molar-refractivity contribution in [3.05, 3.63) is 64.7 Å². The number of rotatable bonds is 5. The second kappa shape index (κ2) is 9.55. The number of pyridine rings is 1. The first-order valence-corrected chi connectivity index (χ1v) is 12.1. The summed E-state index contributed by atoms with van der Waals surface area (Å²) < 4.78 is 5.73. The van der Waals surface area contributed by atoms with Crippen molar-refractivity contribution in [2.75, 3.05) is 30.9 Å². The van der Waals surface area contributed by atoms with Crippen LogP contribution in [0.1, 0.15) is 31.2 Å². The summed E-state index contributed by atoms with van der Waals surface area (Å²) in [5.74, 6) is 1.60. The molecule has 0 radical (unpaired) electrons. The molecule has 0 saturated heterocycles. The molecule has 1 aromatic heterocycles. The average Bonchev–Trinajstić information content (AvgIpc) is 2.84. The van der Waals surface area contributed by atoms with E-state index in [2.05, 4.69) is 47.8 Å². The van der Waals surface area contributed by atoms with Gasteiger partial charge >= 0.3 is 0 Å². The molecule has 7 heteroatoms. The number of nitrogens with zero attached hydrogens (tertiary/aromatic N) is 2. The number of halogens is 1. The zero-order valence-corrected chi connectivity index (χ0v) is 20.2. The summed E-state index contributed by atoms with van der Waals surface area (Å²) in [7, 11) is 4.11. The second-order valence-electron chi connectivity index (χ2n) is 9.24. The average molecular weight is 477 g/mol. The van der Waals surface area contributed by atoms with Crippen LogP contribution in [0, 0.1) is 0 Å². The Bertz CT molecular complexity index is 1250. The minimum atomic E-state index is -0.0612. The van der Waals surface area contributed by atoms with E-state index < -0.39 is 0 Å². The number of anilines is 2. The minimum absolute atomic E-state index is 0.0612. The molecular weight excluding hydrogens is 448 g/mol. The standard InChI is InChI=1S/C27H29ClN4O2/c1-32(2)24-15-26(31-23-6-4-3-5-22(23)24)29-20-8-10-21(11-9-20)30-27(33)18-13-17-14-19(28)7-12-25(17)34-16-18/h3-7,12-15,20-21H,8-11,16H2,1-2H3,(H,29,31)(H,30,33)/t20-,21+. The topological polar surface area (TPSA) is 66.5 Å². The first kappa shape index (κ1) is 22.5. The first-order valence-electron chi connectivity index (χ1n) is 11.7. The van der Waals surface area contributed by atoms with E-state index >= 15 is 0 Å². The number of hydrogen-bond acceptors (Lipinski definition) is 5. The summed E-state index contributed by atoms with van der Waals surface area (Å²) in [4.78, 5) is 19.8. The quantitative estimate of drug-likeness (QED) is 0.525. The van der Waals surface area contributed by atoms with Gasteiger partial charge in [-0.3, -0.25) is 4.79 Å².